The summed E-state index contributed by atoms with van der Waals surface area (Å²) in [7, 11) is 0. The van der Waals surface area contributed by atoms with E-state index in [1.54, 1.807) is 12.1 Å². The predicted octanol–water partition coefficient (Wildman–Crippen LogP) is 2.61. The number of piperidine rings is 1. The minimum Gasteiger partial charge on any atom is -0.352 e. The number of benzene rings is 1. The van der Waals surface area contributed by atoms with Crippen LogP contribution in [0.15, 0.2) is 24.3 Å². The highest BCUT2D eigenvalue weighted by atomic mass is 35.5. The van der Waals surface area contributed by atoms with E-state index in [0.29, 0.717) is 6.04 Å². The molecular formula is C16H22ClFN2O. The monoisotopic (exact) mass is 312 g/mol. The van der Waals surface area contributed by atoms with Crippen molar-refractivity contribution in [2.75, 3.05) is 6.54 Å². The van der Waals surface area contributed by atoms with Crippen LogP contribution < -0.4 is 10.6 Å². The maximum absolute atomic E-state index is 12.9. The average molecular weight is 313 g/mol. The summed E-state index contributed by atoms with van der Waals surface area (Å²) < 4.78 is 12.9. The number of carbonyl (C=O) groups is 1. The number of amides is 1. The van der Waals surface area contributed by atoms with Gasteiger partial charge in [-0.1, -0.05) is 12.1 Å². The largest absolute Gasteiger partial charge is 0.352 e. The first-order chi connectivity index (χ1) is 9.65. The maximum atomic E-state index is 12.9. The van der Waals surface area contributed by atoms with Crippen LogP contribution in [0.2, 0.25) is 0 Å². The molecule has 21 heavy (non-hydrogen) atoms. The predicted molar refractivity (Wildman–Crippen MR) is 83.1 cm³/mol. The zero-order chi connectivity index (χ0) is 14.1. The third-order valence-corrected chi connectivity index (χ3v) is 4.51. The quantitative estimate of drug-likeness (QED) is 0.901. The maximum Gasteiger partial charge on any atom is 0.224 e. The van der Waals surface area contributed by atoms with Gasteiger partial charge in [0.2, 0.25) is 5.91 Å². The van der Waals surface area contributed by atoms with E-state index in [1.165, 1.54) is 12.1 Å². The molecule has 1 heterocycles. The van der Waals surface area contributed by atoms with Crippen molar-refractivity contribution in [1.82, 2.24) is 10.6 Å². The van der Waals surface area contributed by atoms with E-state index in [2.05, 4.69) is 17.6 Å². The Kier molecular flexibility index (Phi) is 5.22. The van der Waals surface area contributed by atoms with E-state index < -0.39 is 0 Å². The van der Waals surface area contributed by atoms with Crippen molar-refractivity contribution >= 4 is 18.3 Å². The van der Waals surface area contributed by atoms with Gasteiger partial charge in [0.25, 0.3) is 0 Å². The van der Waals surface area contributed by atoms with Crippen molar-refractivity contribution in [3.8, 4) is 0 Å². The van der Waals surface area contributed by atoms with Gasteiger partial charge in [0, 0.05) is 18.0 Å². The van der Waals surface area contributed by atoms with E-state index in [0.717, 1.165) is 31.4 Å². The summed E-state index contributed by atoms with van der Waals surface area (Å²) in [6, 6.07) is 7.10. The summed E-state index contributed by atoms with van der Waals surface area (Å²) in [5, 5.41) is 6.56. The Bertz CT molecular complexity index is 494. The SMILES string of the molecule is CC1NCCCC1NC(=O)C1CC1c1ccc(F)cc1.Cl. The van der Waals surface area contributed by atoms with Crippen molar-refractivity contribution in [1.29, 1.82) is 0 Å². The van der Waals surface area contributed by atoms with E-state index in [1.807, 2.05) is 0 Å². The second-order valence-corrected chi connectivity index (χ2v) is 6.00. The van der Waals surface area contributed by atoms with Gasteiger partial charge in [0.05, 0.1) is 0 Å². The highest BCUT2D eigenvalue weighted by molar-refractivity contribution is 5.85. The molecule has 2 N–H and O–H groups in total. The molecule has 0 radical (unpaired) electrons. The van der Waals surface area contributed by atoms with Crippen molar-refractivity contribution < 1.29 is 9.18 Å². The fraction of sp³-hybridized carbons (Fsp3) is 0.562. The second-order valence-electron chi connectivity index (χ2n) is 6.00. The van der Waals surface area contributed by atoms with E-state index >= 15 is 0 Å². The van der Waals surface area contributed by atoms with Crippen LogP contribution in [0.25, 0.3) is 0 Å². The van der Waals surface area contributed by atoms with Gasteiger partial charge in [-0.15, -0.1) is 12.4 Å². The third-order valence-electron chi connectivity index (χ3n) is 4.51. The zero-order valence-corrected chi connectivity index (χ0v) is 13.0. The molecule has 0 bridgehead atoms. The molecule has 1 aromatic rings. The van der Waals surface area contributed by atoms with Crippen molar-refractivity contribution in [2.24, 2.45) is 5.92 Å². The lowest BCUT2D eigenvalue weighted by molar-refractivity contribution is -0.123. The van der Waals surface area contributed by atoms with Gasteiger partial charge in [-0.3, -0.25) is 4.79 Å². The summed E-state index contributed by atoms with van der Waals surface area (Å²) >= 11 is 0. The number of hydrogen-bond donors (Lipinski definition) is 2. The van der Waals surface area contributed by atoms with Gasteiger partial charge in [-0.05, 0) is 56.3 Å². The Morgan fingerprint density at radius 3 is 2.71 bits per heavy atom. The van der Waals surface area contributed by atoms with Crippen LogP contribution in [-0.4, -0.2) is 24.5 Å². The number of rotatable bonds is 3. The molecule has 1 amide bonds. The third kappa shape index (κ3) is 3.74. The highest BCUT2D eigenvalue weighted by Crippen LogP contribution is 2.47. The first kappa shape index (κ1) is 16.2. The van der Waals surface area contributed by atoms with E-state index in [9.17, 15) is 9.18 Å². The molecule has 3 nitrogen and oxygen atoms in total. The number of carbonyl (C=O) groups excluding carboxylic acids is 1. The standard InChI is InChI=1S/C16H21FN2O.ClH/c1-10-15(3-2-8-18-10)19-16(20)14-9-13(14)11-4-6-12(17)7-5-11;/h4-7,10,13-15,18H,2-3,8-9H2,1H3,(H,19,20);1H. The van der Waals surface area contributed by atoms with Crippen molar-refractivity contribution in [2.45, 2.75) is 44.2 Å². The Morgan fingerprint density at radius 1 is 1.33 bits per heavy atom. The van der Waals surface area contributed by atoms with Crippen molar-refractivity contribution in [3.63, 3.8) is 0 Å². The van der Waals surface area contributed by atoms with Gasteiger partial charge < -0.3 is 10.6 Å². The molecule has 2 fully saturated rings. The molecule has 5 heteroatoms. The fourth-order valence-corrected chi connectivity index (χ4v) is 3.09. The molecule has 0 spiro atoms. The Morgan fingerprint density at radius 2 is 2.05 bits per heavy atom. The average Bonchev–Trinajstić information content (AvgIpc) is 3.23. The normalized spacial score (nSPS) is 31.1. The highest BCUT2D eigenvalue weighted by Gasteiger charge is 2.44. The molecule has 1 aliphatic carbocycles. The van der Waals surface area contributed by atoms with Crippen LogP contribution in [0.3, 0.4) is 0 Å². The lowest BCUT2D eigenvalue weighted by Crippen LogP contribution is -2.52. The van der Waals surface area contributed by atoms with Gasteiger partial charge >= 0.3 is 0 Å². The molecule has 0 aromatic heterocycles. The second kappa shape index (κ2) is 6.75. The van der Waals surface area contributed by atoms with Gasteiger partial charge in [0.15, 0.2) is 0 Å². The van der Waals surface area contributed by atoms with Crippen LogP contribution >= 0.6 is 12.4 Å². The molecule has 3 rings (SSSR count). The molecule has 1 saturated carbocycles. The van der Waals surface area contributed by atoms with Crippen LogP contribution in [0.4, 0.5) is 4.39 Å². The van der Waals surface area contributed by atoms with Crippen LogP contribution in [0, 0.1) is 11.7 Å². The van der Waals surface area contributed by atoms with Crippen LogP contribution in [0.1, 0.15) is 37.7 Å². The zero-order valence-electron chi connectivity index (χ0n) is 12.1. The first-order valence-electron chi connectivity index (χ1n) is 7.44. The molecule has 4 unspecified atom stereocenters. The smallest absolute Gasteiger partial charge is 0.224 e. The number of nitrogens with one attached hydrogen (secondary N) is 2. The number of hydrogen-bond acceptors (Lipinski definition) is 2. The van der Waals surface area contributed by atoms with E-state index in [4.69, 9.17) is 0 Å². The van der Waals surface area contributed by atoms with Gasteiger partial charge in [-0.25, -0.2) is 4.39 Å². The van der Waals surface area contributed by atoms with E-state index in [-0.39, 0.29) is 42.0 Å². The lowest BCUT2D eigenvalue weighted by Gasteiger charge is -2.30. The summed E-state index contributed by atoms with van der Waals surface area (Å²) in [5.74, 6) is 0.259. The fourth-order valence-electron chi connectivity index (χ4n) is 3.09. The molecular weight excluding hydrogens is 291 g/mol. The minimum absolute atomic E-state index is 0. The van der Waals surface area contributed by atoms with Crippen LogP contribution in [-0.2, 0) is 4.79 Å². The van der Waals surface area contributed by atoms with Gasteiger partial charge in [-0.2, -0.15) is 0 Å². The summed E-state index contributed by atoms with van der Waals surface area (Å²) in [6.45, 7) is 3.16. The Balaban J connectivity index is 0.00000161. The molecule has 4 atom stereocenters. The Labute approximate surface area is 131 Å². The Hall–Kier alpha value is -1.13. The number of halogens is 2. The first-order valence-corrected chi connectivity index (χ1v) is 7.44. The topological polar surface area (TPSA) is 41.1 Å². The minimum atomic E-state index is -0.225. The molecule has 116 valence electrons. The van der Waals surface area contributed by atoms with Gasteiger partial charge in [0.1, 0.15) is 5.82 Å². The van der Waals surface area contributed by atoms with Crippen molar-refractivity contribution in [3.05, 3.63) is 35.6 Å². The summed E-state index contributed by atoms with van der Waals surface area (Å²) in [4.78, 5) is 12.3. The summed E-state index contributed by atoms with van der Waals surface area (Å²) in [6.07, 6.45) is 3.04. The lowest BCUT2D eigenvalue weighted by atomic mass is 9.99. The summed E-state index contributed by atoms with van der Waals surface area (Å²) in [5.41, 5.74) is 1.07. The molecule has 2 aliphatic rings. The molecule has 1 aliphatic heterocycles. The molecule has 1 aromatic carbocycles. The van der Waals surface area contributed by atoms with Crippen LogP contribution in [0.5, 0.6) is 0 Å². The molecule has 1 saturated heterocycles.